The summed E-state index contributed by atoms with van der Waals surface area (Å²) < 4.78 is 0. The van der Waals surface area contributed by atoms with E-state index in [9.17, 15) is 9.59 Å². The Hall–Kier alpha value is -1.55. The van der Waals surface area contributed by atoms with Gasteiger partial charge >= 0.3 is 11.9 Å². The van der Waals surface area contributed by atoms with Crippen LogP contribution in [0, 0.1) is 5.92 Å². The fourth-order valence-corrected chi connectivity index (χ4v) is 1.49. The van der Waals surface area contributed by atoms with E-state index >= 15 is 0 Å². The number of hydrogen-bond donors (Lipinski definition) is 2. The Morgan fingerprint density at radius 3 is 2.19 bits per heavy atom. The molecule has 0 fully saturated rings. The molecule has 4 nitrogen and oxygen atoms in total. The smallest absolute Gasteiger partial charge is 0.307 e. The molecule has 0 heterocycles. The van der Waals surface area contributed by atoms with Crippen LogP contribution in [0.3, 0.4) is 0 Å². The van der Waals surface area contributed by atoms with Gasteiger partial charge in [0.1, 0.15) is 0 Å². The highest BCUT2D eigenvalue weighted by atomic mass is 35.5. The molecule has 0 radical (unpaired) electrons. The molecule has 1 atom stereocenters. The maximum Gasteiger partial charge on any atom is 0.307 e. The summed E-state index contributed by atoms with van der Waals surface area (Å²) in [5.41, 5.74) is 0.762. The zero-order valence-electron chi connectivity index (χ0n) is 8.39. The third-order valence-corrected chi connectivity index (χ3v) is 2.42. The third-order valence-electron chi connectivity index (χ3n) is 2.17. The second-order valence-electron chi connectivity index (χ2n) is 3.46. The van der Waals surface area contributed by atoms with Crippen molar-refractivity contribution in [3.63, 3.8) is 0 Å². The molecule has 16 heavy (non-hydrogen) atoms. The highest BCUT2D eigenvalue weighted by Crippen LogP contribution is 2.15. The van der Waals surface area contributed by atoms with Gasteiger partial charge in [-0.15, -0.1) is 0 Å². The van der Waals surface area contributed by atoms with Gasteiger partial charge in [0.2, 0.25) is 0 Å². The number of halogens is 1. The molecule has 1 aromatic rings. The van der Waals surface area contributed by atoms with Gasteiger partial charge in [-0.25, -0.2) is 0 Å². The topological polar surface area (TPSA) is 74.6 Å². The number of aliphatic carboxylic acids is 2. The Morgan fingerprint density at radius 1 is 1.19 bits per heavy atom. The zero-order valence-corrected chi connectivity index (χ0v) is 9.15. The van der Waals surface area contributed by atoms with Crippen molar-refractivity contribution in [3.05, 3.63) is 34.9 Å². The van der Waals surface area contributed by atoms with Crippen molar-refractivity contribution in [2.24, 2.45) is 5.92 Å². The van der Waals surface area contributed by atoms with Crippen LogP contribution in [0.15, 0.2) is 24.3 Å². The summed E-state index contributed by atoms with van der Waals surface area (Å²) in [5.74, 6) is -3.11. The van der Waals surface area contributed by atoms with Gasteiger partial charge in [0.05, 0.1) is 12.3 Å². The summed E-state index contributed by atoms with van der Waals surface area (Å²) in [6.07, 6.45) is -0.184. The number of hydrogen-bond acceptors (Lipinski definition) is 2. The minimum atomic E-state index is -1.11. The van der Waals surface area contributed by atoms with Crippen LogP contribution < -0.4 is 0 Å². The van der Waals surface area contributed by atoms with E-state index in [1.807, 2.05) is 0 Å². The minimum absolute atomic E-state index is 0.193. The summed E-state index contributed by atoms with van der Waals surface area (Å²) >= 11 is 5.68. The molecule has 5 heteroatoms. The predicted molar refractivity (Wildman–Crippen MR) is 58.5 cm³/mol. The van der Waals surface area contributed by atoms with Crippen LogP contribution in [0.25, 0.3) is 0 Å². The van der Waals surface area contributed by atoms with Crippen molar-refractivity contribution in [1.29, 1.82) is 0 Å². The maximum atomic E-state index is 10.8. The van der Waals surface area contributed by atoms with Crippen molar-refractivity contribution in [2.75, 3.05) is 0 Å². The summed E-state index contributed by atoms with van der Waals surface area (Å²) in [6.45, 7) is 0. The van der Waals surface area contributed by atoms with E-state index in [-0.39, 0.29) is 12.8 Å². The molecule has 0 bridgehead atoms. The van der Waals surface area contributed by atoms with Gasteiger partial charge in [-0.05, 0) is 24.1 Å². The number of carbonyl (C=O) groups is 2. The van der Waals surface area contributed by atoms with Crippen LogP contribution in [0.5, 0.6) is 0 Å². The zero-order chi connectivity index (χ0) is 12.1. The van der Waals surface area contributed by atoms with Crippen LogP contribution >= 0.6 is 11.6 Å². The van der Waals surface area contributed by atoms with Crippen molar-refractivity contribution in [3.8, 4) is 0 Å². The second kappa shape index (κ2) is 5.51. The Morgan fingerprint density at radius 2 is 1.75 bits per heavy atom. The quantitative estimate of drug-likeness (QED) is 0.829. The molecule has 0 aromatic heterocycles. The average molecular weight is 243 g/mol. The number of carboxylic acids is 2. The Balaban J connectivity index is 2.71. The molecule has 0 saturated carbocycles. The lowest BCUT2D eigenvalue weighted by atomic mass is 9.96. The van der Waals surface area contributed by atoms with Crippen LogP contribution in [0.2, 0.25) is 5.02 Å². The maximum absolute atomic E-state index is 10.8. The van der Waals surface area contributed by atoms with E-state index < -0.39 is 17.9 Å². The Kier molecular flexibility index (Phi) is 4.31. The van der Waals surface area contributed by atoms with Gasteiger partial charge in [0.15, 0.2) is 0 Å². The summed E-state index contributed by atoms with van der Waals surface area (Å²) in [6, 6.07) is 6.69. The Bertz CT molecular complexity index is 385. The van der Waals surface area contributed by atoms with E-state index in [1.165, 1.54) is 0 Å². The monoisotopic (exact) mass is 242 g/mol. The molecule has 0 aliphatic rings. The van der Waals surface area contributed by atoms with Gasteiger partial charge in [0.25, 0.3) is 0 Å². The third kappa shape index (κ3) is 3.90. The van der Waals surface area contributed by atoms with E-state index in [0.29, 0.717) is 5.02 Å². The first kappa shape index (κ1) is 12.5. The lowest BCUT2D eigenvalue weighted by molar-refractivity contribution is -0.148. The summed E-state index contributed by atoms with van der Waals surface area (Å²) in [4.78, 5) is 21.3. The van der Waals surface area contributed by atoms with Gasteiger partial charge in [-0.1, -0.05) is 23.7 Å². The van der Waals surface area contributed by atoms with E-state index in [1.54, 1.807) is 24.3 Å². The van der Waals surface area contributed by atoms with Crippen molar-refractivity contribution < 1.29 is 19.8 Å². The van der Waals surface area contributed by atoms with Crippen molar-refractivity contribution in [1.82, 2.24) is 0 Å². The highest BCUT2D eigenvalue weighted by molar-refractivity contribution is 6.30. The molecule has 2 N–H and O–H groups in total. The molecule has 1 rings (SSSR count). The molecule has 0 unspecified atom stereocenters. The summed E-state index contributed by atoms with van der Waals surface area (Å²) in [5, 5.41) is 18.0. The van der Waals surface area contributed by atoms with E-state index in [4.69, 9.17) is 21.8 Å². The molecule has 0 amide bonds. The Labute approximate surface area is 97.5 Å². The molecule has 0 saturated heterocycles. The minimum Gasteiger partial charge on any atom is -0.481 e. The first-order valence-corrected chi connectivity index (χ1v) is 5.06. The molecular formula is C11H11ClO4. The lowest BCUT2D eigenvalue weighted by Gasteiger charge is -2.09. The van der Waals surface area contributed by atoms with Gasteiger partial charge in [-0.3, -0.25) is 9.59 Å². The van der Waals surface area contributed by atoms with Crippen molar-refractivity contribution >= 4 is 23.5 Å². The fraction of sp³-hybridized carbons (Fsp3) is 0.273. The van der Waals surface area contributed by atoms with Crippen LogP contribution in [0.4, 0.5) is 0 Å². The molecule has 86 valence electrons. The highest BCUT2D eigenvalue weighted by Gasteiger charge is 2.21. The fourth-order valence-electron chi connectivity index (χ4n) is 1.36. The number of rotatable bonds is 5. The largest absolute Gasteiger partial charge is 0.481 e. The predicted octanol–water partition coefficient (Wildman–Crippen LogP) is 2.06. The molecular weight excluding hydrogens is 232 g/mol. The average Bonchev–Trinajstić information content (AvgIpc) is 2.19. The van der Waals surface area contributed by atoms with Crippen molar-refractivity contribution in [2.45, 2.75) is 12.8 Å². The molecule has 0 aliphatic carbocycles. The second-order valence-corrected chi connectivity index (χ2v) is 3.90. The van der Waals surface area contributed by atoms with E-state index in [0.717, 1.165) is 5.56 Å². The van der Waals surface area contributed by atoms with Crippen LogP contribution in [0.1, 0.15) is 12.0 Å². The number of carboxylic acid groups (broad SMARTS) is 2. The number of benzene rings is 1. The first-order chi connectivity index (χ1) is 7.49. The molecule has 0 aliphatic heterocycles. The van der Waals surface area contributed by atoms with Crippen LogP contribution in [-0.2, 0) is 16.0 Å². The first-order valence-electron chi connectivity index (χ1n) is 4.68. The lowest BCUT2D eigenvalue weighted by Crippen LogP contribution is -2.20. The molecule has 1 aromatic carbocycles. The van der Waals surface area contributed by atoms with E-state index in [2.05, 4.69) is 0 Å². The standard InChI is InChI=1S/C11H11ClO4/c12-9-3-1-7(2-4-9)5-8(11(15)16)6-10(13)14/h1-4,8H,5-6H2,(H,13,14)(H,15,16)/t8-/m1/s1. The van der Waals surface area contributed by atoms with Gasteiger partial charge in [0, 0.05) is 5.02 Å². The SMILES string of the molecule is O=C(O)C[C@@H](Cc1ccc(Cl)cc1)C(=O)O. The molecule has 0 spiro atoms. The van der Waals surface area contributed by atoms with Crippen LogP contribution in [-0.4, -0.2) is 22.2 Å². The summed E-state index contributed by atoms with van der Waals surface area (Å²) in [7, 11) is 0. The normalized spacial score (nSPS) is 12.1. The van der Waals surface area contributed by atoms with Gasteiger partial charge < -0.3 is 10.2 Å². The van der Waals surface area contributed by atoms with Gasteiger partial charge in [-0.2, -0.15) is 0 Å².